The van der Waals surface area contributed by atoms with Crippen molar-refractivity contribution in [1.29, 1.82) is 0 Å². The zero-order chi connectivity index (χ0) is 17.3. The first-order chi connectivity index (χ1) is 11.4. The van der Waals surface area contributed by atoms with Crippen molar-refractivity contribution in [2.24, 2.45) is 0 Å². The molecule has 1 heterocycles. The van der Waals surface area contributed by atoms with Crippen LogP contribution < -0.4 is 10.4 Å². The van der Waals surface area contributed by atoms with Gasteiger partial charge in [0.2, 0.25) is 9.84 Å². The minimum absolute atomic E-state index is 0.150. The normalized spacial score (nSPS) is 11.6. The lowest BCUT2D eigenvalue weighted by molar-refractivity contribution is 0.336. The van der Waals surface area contributed by atoms with E-state index in [4.69, 9.17) is 9.15 Å². The molecule has 2 aromatic carbocycles. The maximum Gasteiger partial charge on any atom is 0.355 e. The number of sulfone groups is 1. The molecular weight excluding hydrogens is 335 g/mol. The summed E-state index contributed by atoms with van der Waals surface area (Å²) in [6.07, 6.45) is 0. The number of hydrogen-bond donors (Lipinski definition) is 0. The van der Waals surface area contributed by atoms with E-state index in [9.17, 15) is 17.6 Å². The van der Waals surface area contributed by atoms with Crippen LogP contribution in [0, 0.1) is 5.82 Å². The quantitative estimate of drug-likeness (QED) is 0.677. The summed E-state index contributed by atoms with van der Waals surface area (Å²) >= 11 is 0. The predicted molar refractivity (Wildman–Crippen MR) is 85.5 cm³/mol. The molecule has 0 unspecified atom stereocenters. The number of benzene rings is 2. The summed E-state index contributed by atoms with van der Waals surface area (Å²) in [4.78, 5) is 11.0. The van der Waals surface area contributed by atoms with Crippen LogP contribution in [0.4, 0.5) is 4.39 Å². The number of hydrogen-bond acceptors (Lipinski definition) is 5. The molecule has 0 aliphatic heterocycles. The second kappa shape index (κ2) is 6.09. The third-order valence-electron chi connectivity index (χ3n) is 3.41. The van der Waals surface area contributed by atoms with Gasteiger partial charge in [-0.2, -0.15) is 0 Å². The van der Waals surface area contributed by atoms with Gasteiger partial charge in [0.1, 0.15) is 10.7 Å². The van der Waals surface area contributed by atoms with E-state index in [1.54, 1.807) is 25.1 Å². The first-order valence-electron chi connectivity index (χ1n) is 7.14. The molecule has 0 aliphatic carbocycles. The maximum absolute atomic E-state index is 13.8. The van der Waals surface area contributed by atoms with Gasteiger partial charge in [-0.25, -0.2) is 17.6 Å². The number of ether oxygens (including phenoxy) is 1. The Morgan fingerprint density at radius 1 is 1.08 bits per heavy atom. The monoisotopic (exact) mass is 348 g/mol. The smallest absolute Gasteiger partial charge is 0.355 e. The minimum atomic E-state index is -4.34. The zero-order valence-corrected chi connectivity index (χ0v) is 13.5. The molecule has 0 amide bonds. The standard InChI is InChI=1S/C17H13FO5S/c1-2-22-13-8-5-6-11-10-15(17(19)23-16(11)13)24(20,21)14-9-4-3-7-12(14)18/h3-10H,2H2,1H3. The summed E-state index contributed by atoms with van der Waals surface area (Å²) in [6, 6.07) is 10.9. The third kappa shape index (κ3) is 2.67. The highest BCUT2D eigenvalue weighted by Crippen LogP contribution is 2.28. The second-order valence-corrected chi connectivity index (χ2v) is 6.83. The van der Waals surface area contributed by atoms with Gasteiger partial charge in [-0.05, 0) is 31.2 Å². The van der Waals surface area contributed by atoms with Crippen molar-refractivity contribution in [3.8, 4) is 5.75 Å². The van der Waals surface area contributed by atoms with Crippen LogP contribution in [0.15, 0.2) is 67.5 Å². The van der Waals surface area contributed by atoms with Crippen LogP contribution in [-0.4, -0.2) is 15.0 Å². The second-order valence-electron chi connectivity index (χ2n) is 4.94. The Labute approximate surface area is 137 Å². The van der Waals surface area contributed by atoms with E-state index in [0.29, 0.717) is 17.7 Å². The van der Waals surface area contributed by atoms with Crippen LogP contribution in [0.2, 0.25) is 0 Å². The summed E-state index contributed by atoms with van der Waals surface area (Å²) in [5.74, 6) is -0.595. The summed E-state index contributed by atoms with van der Waals surface area (Å²) in [6.45, 7) is 2.13. The van der Waals surface area contributed by atoms with Gasteiger partial charge in [0, 0.05) is 5.39 Å². The number of rotatable bonds is 4. The third-order valence-corrected chi connectivity index (χ3v) is 5.18. The van der Waals surface area contributed by atoms with Crippen molar-refractivity contribution in [2.45, 2.75) is 16.7 Å². The fourth-order valence-electron chi connectivity index (χ4n) is 2.34. The summed E-state index contributed by atoms with van der Waals surface area (Å²) in [5.41, 5.74) is -0.922. The molecule has 0 radical (unpaired) electrons. The molecule has 0 spiro atoms. The lowest BCUT2D eigenvalue weighted by Gasteiger charge is -2.08. The zero-order valence-electron chi connectivity index (χ0n) is 12.7. The van der Waals surface area contributed by atoms with Gasteiger partial charge >= 0.3 is 5.63 Å². The molecule has 1 aromatic heterocycles. The fourth-order valence-corrected chi connectivity index (χ4v) is 3.70. The van der Waals surface area contributed by atoms with Gasteiger partial charge in [0.15, 0.2) is 16.2 Å². The summed E-state index contributed by atoms with van der Waals surface area (Å²) in [7, 11) is -4.34. The Kier molecular flexibility index (Phi) is 4.11. The van der Waals surface area contributed by atoms with Gasteiger partial charge < -0.3 is 9.15 Å². The van der Waals surface area contributed by atoms with Crippen molar-refractivity contribution in [3.05, 3.63) is 64.8 Å². The SMILES string of the molecule is CCOc1cccc2cc(S(=O)(=O)c3ccccc3F)c(=O)oc12. The Hall–Kier alpha value is -2.67. The van der Waals surface area contributed by atoms with E-state index >= 15 is 0 Å². The molecule has 124 valence electrons. The largest absolute Gasteiger partial charge is 0.490 e. The number of halogens is 1. The van der Waals surface area contributed by atoms with Crippen LogP contribution in [0.5, 0.6) is 5.75 Å². The molecule has 5 nitrogen and oxygen atoms in total. The number of para-hydroxylation sites is 1. The molecule has 0 aliphatic rings. The maximum atomic E-state index is 13.8. The van der Waals surface area contributed by atoms with E-state index in [1.165, 1.54) is 18.2 Å². The van der Waals surface area contributed by atoms with E-state index in [1.807, 2.05) is 0 Å². The average molecular weight is 348 g/mol. The van der Waals surface area contributed by atoms with E-state index in [0.717, 1.165) is 12.1 Å². The molecule has 0 saturated heterocycles. The molecule has 0 N–H and O–H groups in total. The van der Waals surface area contributed by atoms with Crippen LogP contribution in [0.3, 0.4) is 0 Å². The van der Waals surface area contributed by atoms with Crippen molar-refractivity contribution < 1.29 is 22.0 Å². The Morgan fingerprint density at radius 3 is 2.54 bits per heavy atom. The van der Waals surface area contributed by atoms with E-state index in [-0.39, 0.29) is 5.58 Å². The lowest BCUT2D eigenvalue weighted by Crippen LogP contribution is -2.15. The topological polar surface area (TPSA) is 73.6 Å². The Balaban J connectivity index is 2.26. The highest BCUT2D eigenvalue weighted by atomic mass is 32.2. The van der Waals surface area contributed by atoms with Crippen molar-refractivity contribution in [2.75, 3.05) is 6.61 Å². The van der Waals surface area contributed by atoms with Crippen molar-refractivity contribution >= 4 is 20.8 Å². The highest BCUT2D eigenvalue weighted by molar-refractivity contribution is 7.91. The lowest BCUT2D eigenvalue weighted by atomic mass is 10.2. The van der Waals surface area contributed by atoms with Crippen LogP contribution in [0.25, 0.3) is 11.0 Å². The highest BCUT2D eigenvalue weighted by Gasteiger charge is 2.26. The van der Waals surface area contributed by atoms with Gasteiger partial charge in [0.05, 0.1) is 6.61 Å². The van der Waals surface area contributed by atoms with Crippen molar-refractivity contribution in [3.63, 3.8) is 0 Å². The summed E-state index contributed by atoms with van der Waals surface area (Å²) < 4.78 is 49.5. The fraction of sp³-hybridized carbons (Fsp3) is 0.118. The molecule has 24 heavy (non-hydrogen) atoms. The van der Waals surface area contributed by atoms with Gasteiger partial charge in [-0.1, -0.05) is 24.3 Å². The molecule has 0 fully saturated rings. The Morgan fingerprint density at radius 2 is 1.83 bits per heavy atom. The van der Waals surface area contributed by atoms with Crippen LogP contribution in [-0.2, 0) is 9.84 Å². The van der Waals surface area contributed by atoms with Gasteiger partial charge in [-0.3, -0.25) is 0 Å². The molecule has 3 rings (SSSR count). The number of fused-ring (bicyclic) bond motifs is 1. The van der Waals surface area contributed by atoms with E-state index in [2.05, 4.69) is 0 Å². The molecule has 3 aromatic rings. The molecule has 0 saturated carbocycles. The van der Waals surface area contributed by atoms with Gasteiger partial charge in [-0.15, -0.1) is 0 Å². The molecular formula is C17H13FO5S. The first kappa shape index (κ1) is 16.2. The minimum Gasteiger partial charge on any atom is -0.490 e. The Bertz CT molecular complexity index is 1070. The molecule has 7 heteroatoms. The van der Waals surface area contributed by atoms with Crippen LogP contribution >= 0.6 is 0 Å². The van der Waals surface area contributed by atoms with Crippen LogP contribution in [0.1, 0.15) is 6.92 Å². The van der Waals surface area contributed by atoms with Crippen molar-refractivity contribution in [1.82, 2.24) is 0 Å². The summed E-state index contributed by atoms with van der Waals surface area (Å²) in [5, 5.41) is 0.371. The predicted octanol–water partition coefficient (Wildman–Crippen LogP) is 3.16. The first-order valence-corrected chi connectivity index (χ1v) is 8.62. The van der Waals surface area contributed by atoms with E-state index < -0.39 is 31.1 Å². The van der Waals surface area contributed by atoms with Gasteiger partial charge in [0.25, 0.3) is 0 Å². The molecule has 0 atom stereocenters. The molecule has 0 bridgehead atoms. The average Bonchev–Trinajstić information content (AvgIpc) is 2.55.